The van der Waals surface area contributed by atoms with E-state index in [0.29, 0.717) is 18.5 Å². The number of nitrogens with two attached hydrogens (primary N) is 1. The van der Waals surface area contributed by atoms with Crippen LogP contribution >= 0.6 is 0 Å². The molecule has 2 aliphatic heterocycles. The summed E-state index contributed by atoms with van der Waals surface area (Å²) in [6.07, 6.45) is 5.05. The first-order valence-electron chi connectivity index (χ1n) is 5.86. The Morgan fingerprint density at radius 1 is 1.79 bits per heavy atom. The van der Waals surface area contributed by atoms with Crippen LogP contribution in [-0.2, 0) is 4.74 Å². The molecule has 3 N–H and O–H groups in total. The molecule has 7 nitrogen and oxygen atoms in total. The van der Waals surface area contributed by atoms with Crippen LogP contribution in [0, 0.1) is 11.3 Å². The number of rotatable bonds is 3. The molecule has 19 heavy (non-hydrogen) atoms. The number of nitriles is 1. The maximum absolute atomic E-state index is 9.45. The summed E-state index contributed by atoms with van der Waals surface area (Å²) in [5, 5.41) is 24.1. The number of nitrogens with zero attached hydrogens (tertiary/aromatic N) is 4. The Kier molecular flexibility index (Phi) is 3.64. The highest BCUT2D eigenvalue weighted by Gasteiger charge is 2.48. The molecular formula is C12H15N5O2. The van der Waals surface area contributed by atoms with E-state index in [-0.39, 0.29) is 18.5 Å². The summed E-state index contributed by atoms with van der Waals surface area (Å²) < 4.78 is 5.63. The van der Waals surface area contributed by atoms with Crippen molar-refractivity contribution in [1.82, 2.24) is 5.01 Å². The standard InChI is InChI=1S/C12H15N5O2/c1-2-3-10-11(14)15-8-16-17(10)12(7-13)5-4-9(6-18)19-12/h2-3,8-9,18H,1,4-6H2,(H2,14,15,16)/b10-3-/t9-,12-/m0/s1. The summed E-state index contributed by atoms with van der Waals surface area (Å²) >= 11 is 0. The van der Waals surface area contributed by atoms with Gasteiger partial charge in [-0.15, -0.1) is 0 Å². The van der Waals surface area contributed by atoms with Gasteiger partial charge < -0.3 is 15.6 Å². The zero-order chi connectivity index (χ0) is 13.9. The van der Waals surface area contributed by atoms with Gasteiger partial charge in [0.25, 0.3) is 0 Å². The monoisotopic (exact) mass is 261 g/mol. The van der Waals surface area contributed by atoms with E-state index in [1.807, 2.05) is 0 Å². The minimum Gasteiger partial charge on any atom is -0.394 e. The summed E-state index contributed by atoms with van der Waals surface area (Å²) in [5.74, 6) is 0.237. The highest BCUT2D eigenvalue weighted by atomic mass is 16.5. The summed E-state index contributed by atoms with van der Waals surface area (Å²) in [6.45, 7) is 3.47. The molecule has 0 unspecified atom stereocenters. The molecule has 1 fully saturated rings. The van der Waals surface area contributed by atoms with Crippen molar-refractivity contribution >= 4 is 12.2 Å². The van der Waals surface area contributed by atoms with Crippen molar-refractivity contribution < 1.29 is 9.84 Å². The maximum atomic E-state index is 9.45. The Bertz CT molecular complexity index is 505. The third kappa shape index (κ3) is 2.23. The lowest BCUT2D eigenvalue weighted by molar-refractivity contribution is -0.101. The van der Waals surface area contributed by atoms with Crippen LogP contribution < -0.4 is 5.73 Å². The predicted molar refractivity (Wildman–Crippen MR) is 69.8 cm³/mol. The third-order valence-corrected chi connectivity index (χ3v) is 3.02. The van der Waals surface area contributed by atoms with Crippen LogP contribution in [0.5, 0.6) is 0 Å². The van der Waals surface area contributed by atoms with Crippen molar-refractivity contribution in [2.45, 2.75) is 24.7 Å². The minimum absolute atomic E-state index is 0.134. The Morgan fingerprint density at radius 3 is 3.16 bits per heavy atom. The fourth-order valence-electron chi connectivity index (χ4n) is 2.10. The first kappa shape index (κ1) is 13.3. The SMILES string of the molecule is C=C/C=C1/C(N)=NC=NN1[C@@]1(C#N)CC[C@@H](CO)O1. The average molecular weight is 261 g/mol. The molecule has 0 radical (unpaired) electrons. The van der Waals surface area contributed by atoms with Crippen molar-refractivity contribution in [1.29, 1.82) is 5.26 Å². The molecule has 0 spiro atoms. The molecule has 0 aromatic carbocycles. The van der Waals surface area contributed by atoms with Crippen LogP contribution in [0.15, 0.2) is 34.5 Å². The Balaban J connectivity index is 2.36. The van der Waals surface area contributed by atoms with Gasteiger partial charge in [0.15, 0.2) is 5.84 Å². The molecule has 0 amide bonds. The quantitative estimate of drug-likeness (QED) is 0.747. The van der Waals surface area contributed by atoms with E-state index >= 15 is 0 Å². The van der Waals surface area contributed by atoms with E-state index in [9.17, 15) is 5.26 Å². The van der Waals surface area contributed by atoms with E-state index in [1.165, 1.54) is 17.4 Å². The number of hydrogen-bond donors (Lipinski definition) is 2. The second-order valence-corrected chi connectivity index (χ2v) is 4.20. The number of hydrogen-bond acceptors (Lipinski definition) is 7. The molecule has 0 bridgehead atoms. The molecule has 0 aromatic heterocycles. The van der Waals surface area contributed by atoms with E-state index in [4.69, 9.17) is 15.6 Å². The Hall–Kier alpha value is -2.17. The first-order valence-corrected chi connectivity index (χ1v) is 5.86. The van der Waals surface area contributed by atoms with Gasteiger partial charge in [-0.25, -0.2) is 10.0 Å². The van der Waals surface area contributed by atoms with Crippen molar-refractivity contribution in [2.75, 3.05) is 6.61 Å². The van der Waals surface area contributed by atoms with Crippen molar-refractivity contribution in [3.05, 3.63) is 24.4 Å². The lowest BCUT2D eigenvalue weighted by atomic mass is 10.1. The second kappa shape index (κ2) is 5.22. The van der Waals surface area contributed by atoms with Crippen molar-refractivity contribution in [3.63, 3.8) is 0 Å². The lowest BCUT2D eigenvalue weighted by Gasteiger charge is -2.35. The zero-order valence-corrected chi connectivity index (χ0v) is 10.4. The molecule has 2 rings (SSSR count). The van der Waals surface area contributed by atoms with Gasteiger partial charge in [0.1, 0.15) is 18.1 Å². The summed E-state index contributed by atoms with van der Waals surface area (Å²) in [4.78, 5) is 3.89. The predicted octanol–water partition coefficient (Wildman–Crippen LogP) is 0.0636. The fraction of sp³-hybridized carbons (Fsp3) is 0.417. The van der Waals surface area contributed by atoms with Crippen LogP contribution in [0.4, 0.5) is 0 Å². The van der Waals surface area contributed by atoms with Crippen LogP contribution in [0.3, 0.4) is 0 Å². The Labute approximate surface area is 111 Å². The van der Waals surface area contributed by atoms with Gasteiger partial charge in [0.2, 0.25) is 5.72 Å². The molecule has 1 saturated heterocycles. The minimum atomic E-state index is -1.26. The Morgan fingerprint density at radius 2 is 2.58 bits per heavy atom. The topological polar surface area (TPSA) is 107 Å². The van der Waals surface area contributed by atoms with Crippen LogP contribution in [0.25, 0.3) is 0 Å². The van der Waals surface area contributed by atoms with Crippen LogP contribution in [0.1, 0.15) is 12.8 Å². The second-order valence-electron chi connectivity index (χ2n) is 4.20. The molecular weight excluding hydrogens is 246 g/mol. The largest absolute Gasteiger partial charge is 0.394 e. The van der Waals surface area contributed by atoms with Gasteiger partial charge in [0, 0.05) is 6.42 Å². The van der Waals surface area contributed by atoms with E-state index in [1.54, 1.807) is 6.08 Å². The zero-order valence-electron chi connectivity index (χ0n) is 10.4. The van der Waals surface area contributed by atoms with Gasteiger partial charge in [-0.3, -0.25) is 0 Å². The summed E-state index contributed by atoms with van der Waals surface area (Å²) in [7, 11) is 0. The summed E-state index contributed by atoms with van der Waals surface area (Å²) in [5.41, 5.74) is 4.98. The van der Waals surface area contributed by atoms with Crippen molar-refractivity contribution in [2.24, 2.45) is 15.8 Å². The lowest BCUT2D eigenvalue weighted by Crippen LogP contribution is -2.48. The van der Waals surface area contributed by atoms with Gasteiger partial charge in [-0.05, 0) is 12.5 Å². The number of amidine groups is 1. The number of aliphatic hydroxyl groups is 1. The molecule has 2 heterocycles. The van der Waals surface area contributed by atoms with Crippen LogP contribution in [-0.4, -0.2) is 40.7 Å². The molecule has 0 aliphatic carbocycles. The molecule has 2 aliphatic rings. The van der Waals surface area contributed by atoms with Crippen LogP contribution in [0.2, 0.25) is 0 Å². The number of aliphatic hydroxyl groups excluding tert-OH is 1. The average Bonchev–Trinajstić information content (AvgIpc) is 2.86. The fourth-order valence-corrected chi connectivity index (χ4v) is 2.10. The van der Waals surface area contributed by atoms with E-state index in [2.05, 4.69) is 22.7 Å². The number of allylic oxidation sites excluding steroid dienone is 2. The first-order chi connectivity index (χ1) is 9.16. The normalized spacial score (nSPS) is 32.2. The number of ether oxygens (including phenoxy) is 1. The number of hydrazone groups is 1. The van der Waals surface area contributed by atoms with Gasteiger partial charge in [-0.2, -0.15) is 10.4 Å². The molecule has 100 valence electrons. The molecule has 7 heteroatoms. The molecule has 0 aromatic rings. The van der Waals surface area contributed by atoms with Gasteiger partial charge in [0.05, 0.1) is 12.7 Å². The highest BCUT2D eigenvalue weighted by molar-refractivity contribution is 6.01. The maximum Gasteiger partial charge on any atom is 0.250 e. The summed E-state index contributed by atoms with van der Waals surface area (Å²) in [6, 6.07) is 2.11. The molecule has 2 atom stereocenters. The van der Waals surface area contributed by atoms with Gasteiger partial charge in [-0.1, -0.05) is 12.7 Å². The van der Waals surface area contributed by atoms with E-state index < -0.39 is 5.72 Å². The smallest absolute Gasteiger partial charge is 0.250 e. The highest BCUT2D eigenvalue weighted by Crippen LogP contribution is 2.36. The third-order valence-electron chi connectivity index (χ3n) is 3.02. The van der Waals surface area contributed by atoms with Gasteiger partial charge >= 0.3 is 0 Å². The molecule has 0 saturated carbocycles. The van der Waals surface area contributed by atoms with E-state index in [0.717, 1.165) is 0 Å². The van der Waals surface area contributed by atoms with Crippen molar-refractivity contribution in [3.8, 4) is 6.07 Å². The number of aliphatic imine (C=N–C) groups is 1.